The number of ether oxygens (including phenoxy) is 2. The van der Waals surface area contributed by atoms with Crippen molar-refractivity contribution in [1.82, 2.24) is 0 Å². The normalized spacial score (nSPS) is 17.6. The number of fused-ring (bicyclic) bond motifs is 3. The molecule has 0 saturated heterocycles. The Morgan fingerprint density at radius 3 is 1.94 bits per heavy atom. The summed E-state index contributed by atoms with van der Waals surface area (Å²) in [5.74, 6) is 3.73. The fourth-order valence-electron chi connectivity index (χ4n) is 9.69. The molecule has 0 fully saturated rings. The first-order valence-electron chi connectivity index (χ1n) is 24.3. The number of allylic oxidation sites excluding steroid dienone is 13. The minimum atomic E-state index is -0.223. The molecule has 0 aromatic heterocycles. The molecule has 0 spiro atoms. The third-order valence-corrected chi connectivity index (χ3v) is 12.5. The Hall–Kier alpha value is -7.69. The highest BCUT2D eigenvalue weighted by Crippen LogP contribution is 2.62. The van der Waals surface area contributed by atoms with Crippen LogP contribution >= 0.6 is 0 Å². The number of anilines is 1. The largest absolute Gasteiger partial charge is 0.454 e. The predicted molar refractivity (Wildman–Crippen MR) is 295 cm³/mol. The second kappa shape index (κ2) is 25.4. The summed E-state index contributed by atoms with van der Waals surface area (Å²) < 4.78 is 13.7. The van der Waals surface area contributed by atoms with Crippen molar-refractivity contribution < 1.29 is 9.47 Å². The van der Waals surface area contributed by atoms with Gasteiger partial charge < -0.3 is 20.6 Å². The zero-order valence-electron chi connectivity index (χ0n) is 41.1. The lowest BCUT2D eigenvalue weighted by Gasteiger charge is -2.43. The third kappa shape index (κ3) is 11.7. The summed E-state index contributed by atoms with van der Waals surface area (Å²) in [5.41, 5.74) is 20.9. The summed E-state index contributed by atoms with van der Waals surface area (Å²) in [6.07, 6.45) is 24.3. The van der Waals surface area contributed by atoms with Crippen LogP contribution in [0.3, 0.4) is 0 Å². The molecule has 4 heteroatoms. The number of rotatable bonds is 5. The average Bonchev–Trinajstić information content (AvgIpc) is 3.72. The second-order valence-electron chi connectivity index (χ2n) is 16.9. The first-order chi connectivity index (χ1) is 33.9. The topological polar surface area (TPSA) is 68.3 Å². The number of nitrogens with one attached hydrogen (secondary N) is 1. The van der Waals surface area contributed by atoms with Crippen LogP contribution in [0, 0.1) is 25.2 Å². The van der Waals surface area contributed by atoms with Crippen molar-refractivity contribution in [3.05, 3.63) is 269 Å². The number of para-hydroxylation sites is 1. The first kappa shape index (κ1) is 50.7. The van der Waals surface area contributed by atoms with E-state index in [0.717, 1.165) is 71.9 Å². The fourth-order valence-corrected chi connectivity index (χ4v) is 9.69. The van der Waals surface area contributed by atoms with E-state index in [-0.39, 0.29) is 5.41 Å². The van der Waals surface area contributed by atoms with Gasteiger partial charge in [0.25, 0.3) is 0 Å². The van der Waals surface area contributed by atoms with Gasteiger partial charge >= 0.3 is 0 Å². The maximum atomic E-state index is 7.01. The summed E-state index contributed by atoms with van der Waals surface area (Å²) in [5, 5.41) is 5.50. The van der Waals surface area contributed by atoms with Gasteiger partial charge in [0.15, 0.2) is 17.3 Å². The molecule has 0 bridgehead atoms. The smallest absolute Gasteiger partial charge is 0.177 e. The molecule has 5 aliphatic rings. The molecule has 4 nitrogen and oxygen atoms in total. The molecule has 4 aliphatic carbocycles. The van der Waals surface area contributed by atoms with Gasteiger partial charge in [0.05, 0.1) is 0 Å². The van der Waals surface area contributed by atoms with Crippen molar-refractivity contribution in [3.8, 4) is 33.8 Å². The van der Waals surface area contributed by atoms with Crippen molar-refractivity contribution in [1.29, 1.82) is 5.41 Å². The fraction of sp³-hybridized carbons (Fsp3) is 0.185. The van der Waals surface area contributed by atoms with Crippen molar-refractivity contribution in [2.45, 2.75) is 72.1 Å². The van der Waals surface area contributed by atoms with Crippen molar-refractivity contribution >= 4 is 12.4 Å². The molecule has 0 saturated carbocycles. The molecule has 1 aliphatic heterocycles. The van der Waals surface area contributed by atoms with Crippen LogP contribution in [0.1, 0.15) is 69.6 Å². The van der Waals surface area contributed by atoms with E-state index < -0.39 is 0 Å². The van der Waals surface area contributed by atoms with E-state index in [1.165, 1.54) is 50.1 Å². The maximum Gasteiger partial charge on any atom is 0.177 e. The van der Waals surface area contributed by atoms with E-state index in [2.05, 4.69) is 167 Å². The van der Waals surface area contributed by atoms with Gasteiger partial charge in [-0.25, -0.2) is 0 Å². The molecule has 11 rings (SSSR count). The highest BCUT2D eigenvalue weighted by Gasteiger charge is 2.54. The zero-order valence-corrected chi connectivity index (χ0v) is 41.1. The number of nitrogen functional groups attached to an aromatic ring is 1. The van der Waals surface area contributed by atoms with E-state index in [1.54, 1.807) is 6.08 Å². The molecule has 1 heterocycles. The van der Waals surface area contributed by atoms with Crippen LogP contribution in [0.5, 0.6) is 11.5 Å². The van der Waals surface area contributed by atoms with Crippen LogP contribution in [0.15, 0.2) is 253 Å². The third-order valence-electron chi connectivity index (χ3n) is 12.5. The summed E-state index contributed by atoms with van der Waals surface area (Å²) in [6.45, 7) is 16.1. The van der Waals surface area contributed by atoms with Gasteiger partial charge in [0.2, 0.25) is 0 Å². The molecular formula is C65H68N2O2. The van der Waals surface area contributed by atoms with E-state index >= 15 is 0 Å². The molecule has 6 aromatic rings. The Kier molecular flexibility index (Phi) is 18.7. The molecule has 2 unspecified atom stereocenters. The van der Waals surface area contributed by atoms with Crippen molar-refractivity contribution in [3.63, 3.8) is 0 Å². The lowest BCUT2D eigenvalue weighted by atomic mass is 9.59. The monoisotopic (exact) mass is 909 g/mol. The predicted octanol–water partition coefficient (Wildman–Crippen LogP) is 17.4. The average molecular weight is 909 g/mol. The minimum absolute atomic E-state index is 0.223. The Morgan fingerprint density at radius 2 is 1.32 bits per heavy atom. The van der Waals surface area contributed by atoms with Crippen LogP contribution in [0.25, 0.3) is 22.3 Å². The van der Waals surface area contributed by atoms with Crippen LogP contribution in [0.2, 0.25) is 0 Å². The molecule has 0 radical (unpaired) electrons. The molecule has 69 heavy (non-hydrogen) atoms. The van der Waals surface area contributed by atoms with Gasteiger partial charge in [-0.1, -0.05) is 226 Å². The molecule has 0 amide bonds. The highest BCUT2D eigenvalue weighted by molar-refractivity contribution is 5.79. The number of hydrogen-bond acceptors (Lipinski definition) is 4. The summed E-state index contributed by atoms with van der Waals surface area (Å²) in [7, 11) is 0. The van der Waals surface area contributed by atoms with Crippen LogP contribution in [0.4, 0.5) is 5.69 Å². The van der Waals surface area contributed by atoms with Gasteiger partial charge in [-0.05, 0) is 116 Å². The number of hydrogen-bond donors (Lipinski definition) is 2. The molecule has 3 N–H and O–H groups in total. The number of nitrogens with two attached hydrogens (primary N) is 1. The summed E-state index contributed by atoms with van der Waals surface area (Å²) in [4.78, 5) is 0. The van der Waals surface area contributed by atoms with Gasteiger partial charge in [0, 0.05) is 28.7 Å². The number of aryl methyl sites for hydroxylation is 2. The molecule has 2 atom stereocenters. The van der Waals surface area contributed by atoms with E-state index in [0.29, 0.717) is 5.92 Å². The SMILES string of the molecule is C=C/C=C\C.C=N.CC.Cc1cccc(-c2ccccc2)c1.Cc1ccccc1.Nc1cccc(-c2cccc3c2OC2=C(CCC4=C2C2=C(C=CCC2)C4(c2ccccc2)C2C=CC=CC2)O3)c1. The highest BCUT2D eigenvalue weighted by atomic mass is 16.6. The molecular weight excluding hydrogens is 841 g/mol. The first-order valence-corrected chi connectivity index (χ1v) is 24.3. The maximum absolute atomic E-state index is 7.01. The molecule has 6 aromatic carbocycles. The Morgan fingerprint density at radius 1 is 0.667 bits per heavy atom. The summed E-state index contributed by atoms with van der Waals surface area (Å²) >= 11 is 0. The Bertz CT molecular complexity index is 2860. The number of benzene rings is 6. The Balaban J connectivity index is 0.000000219. The van der Waals surface area contributed by atoms with Gasteiger partial charge in [-0.15, -0.1) is 0 Å². The Labute approximate surface area is 412 Å². The summed E-state index contributed by atoms with van der Waals surface area (Å²) in [6, 6.07) is 54.5. The van der Waals surface area contributed by atoms with Gasteiger partial charge in [-0.2, -0.15) is 0 Å². The second-order valence-corrected chi connectivity index (χ2v) is 16.9. The van der Waals surface area contributed by atoms with Gasteiger partial charge in [-0.3, -0.25) is 0 Å². The van der Waals surface area contributed by atoms with E-state index in [4.69, 9.17) is 20.6 Å². The van der Waals surface area contributed by atoms with Crippen LogP contribution < -0.4 is 15.2 Å². The van der Waals surface area contributed by atoms with E-state index in [9.17, 15) is 0 Å². The van der Waals surface area contributed by atoms with Crippen LogP contribution in [-0.2, 0) is 5.41 Å². The quantitative estimate of drug-likeness (QED) is 0.103. The lowest BCUT2D eigenvalue weighted by molar-refractivity contribution is 0.281. The van der Waals surface area contributed by atoms with Crippen molar-refractivity contribution in [2.75, 3.05) is 5.73 Å². The van der Waals surface area contributed by atoms with Crippen LogP contribution in [-0.4, -0.2) is 6.72 Å². The zero-order chi connectivity index (χ0) is 49.0. The minimum Gasteiger partial charge on any atom is -0.454 e. The molecule has 350 valence electrons. The standard InChI is InChI=1S/C37H31NO2.C13H12.C7H8.C5H8.C2H6.CH3N/c38-27-16-9-11-24(23-27)28-18-10-20-32-35(28)40-36-33(39-32)22-21-31-34(36)29-17-7-8-19-30(29)37(31,25-12-3-1-4-13-25)26-14-5-2-6-15-26;1-11-6-5-9-13(10-11)12-7-3-2-4-8-12;1-7-5-3-2-4-6-7;1-3-5-4-2;2*1-2/h1-6,8-14,16,18-20,23,26H,7,15,17,21-22,38H2;2-10H,1H3;2-6H,1H3;3-5H,1H2,2H3;1-2H3;2H,1H2/b;;;5-4-;;. The lowest BCUT2D eigenvalue weighted by Crippen LogP contribution is -2.38. The van der Waals surface area contributed by atoms with Gasteiger partial charge in [0.1, 0.15) is 5.76 Å². The van der Waals surface area contributed by atoms with Crippen molar-refractivity contribution in [2.24, 2.45) is 5.92 Å². The van der Waals surface area contributed by atoms with E-state index in [1.807, 2.05) is 87.5 Å².